The van der Waals surface area contributed by atoms with E-state index in [2.05, 4.69) is 18.3 Å². The Kier molecular flexibility index (Phi) is 4.46. The number of hydrogen-bond donors (Lipinski definition) is 1. The second kappa shape index (κ2) is 6.08. The van der Waals surface area contributed by atoms with Crippen LogP contribution in [0.2, 0.25) is 5.02 Å². The second-order valence-electron chi connectivity index (χ2n) is 4.68. The van der Waals surface area contributed by atoms with E-state index in [9.17, 15) is 0 Å². The van der Waals surface area contributed by atoms with Crippen molar-refractivity contribution in [1.82, 2.24) is 0 Å². The minimum atomic E-state index is 0.335. The second-order valence-corrected chi connectivity index (χ2v) is 5.12. The van der Waals surface area contributed by atoms with Gasteiger partial charge in [-0.25, -0.2) is 0 Å². The van der Waals surface area contributed by atoms with Crippen LogP contribution in [0.4, 0.5) is 5.69 Å². The van der Waals surface area contributed by atoms with E-state index in [4.69, 9.17) is 21.6 Å². The van der Waals surface area contributed by atoms with Crippen LogP contribution in [0.5, 0.6) is 0 Å². The first kappa shape index (κ1) is 13.2. The Labute approximate surface area is 113 Å². The van der Waals surface area contributed by atoms with E-state index in [-0.39, 0.29) is 0 Å². The Hall–Kier alpha value is -1.24. The van der Waals surface area contributed by atoms with E-state index in [1.54, 1.807) is 12.1 Å². The number of rotatable bonds is 3. The lowest BCUT2D eigenvalue weighted by Gasteiger charge is -2.29. The van der Waals surface area contributed by atoms with Gasteiger partial charge >= 0.3 is 0 Å². The molecule has 1 aliphatic rings. The zero-order valence-corrected chi connectivity index (χ0v) is 11.2. The topological polar surface area (TPSA) is 45.0 Å². The molecule has 96 valence electrons. The molecule has 0 radical (unpaired) electrons. The Morgan fingerprint density at radius 3 is 2.83 bits per heavy atom. The number of nitrogens with zero attached hydrogens (tertiary/aromatic N) is 1. The molecule has 0 bridgehead atoms. The molecule has 0 spiro atoms. The Bertz CT molecular complexity index is 450. The van der Waals surface area contributed by atoms with Crippen molar-refractivity contribution in [1.29, 1.82) is 5.26 Å². The van der Waals surface area contributed by atoms with Crippen molar-refractivity contribution in [3.05, 3.63) is 28.8 Å². The van der Waals surface area contributed by atoms with Gasteiger partial charge in [-0.05, 0) is 43.9 Å². The molecule has 1 fully saturated rings. The summed E-state index contributed by atoms with van der Waals surface area (Å²) in [5.74, 6) is 0.598. The van der Waals surface area contributed by atoms with Crippen molar-refractivity contribution in [3.8, 4) is 6.07 Å². The summed E-state index contributed by atoms with van der Waals surface area (Å²) >= 11 is 5.89. The average Bonchev–Trinajstić information content (AvgIpc) is 2.41. The van der Waals surface area contributed by atoms with Crippen molar-refractivity contribution in [2.24, 2.45) is 5.92 Å². The van der Waals surface area contributed by atoms with Crippen LogP contribution in [0.1, 0.15) is 25.3 Å². The molecule has 1 atom stereocenters. The number of halogens is 1. The summed E-state index contributed by atoms with van der Waals surface area (Å²) in [6.07, 6.45) is 2.15. The standard InChI is InChI=1S/C14H17ClN2O/c1-10(11-4-6-18-7-5-11)17-14-3-2-13(15)8-12(14)9-16/h2-3,8,10-11,17H,4-7H2,1H3. The summed E-state index contributed by atoms with van der Waals surface area (Å²) in [5.41, 5.74) is 1.46. The van der Waals surface area contributed by atoms with Crippen LogP contribution in [-0.4, -0.2) is 19.3 Å². The normalized spacial score (nSPS) is 18.1. The minimum absolute atomic E-state index is 0.335. The lowest BCUT2D eigenvalue weighted by atomic mass is 9.92. The van der Waals surface area contributed by atoms with Gasteiger partial charge in [0.25, 0.3) is 0 Å². The first-order chi connectivity index (χ1) is 8.70. The summed E-state index contributed by atoms with van der Waals surface area (Å²) < 4.78 is 5.36. The van der Waals surface area contributed by atoms with Gasteiger partial charge in [0.05, 0.1) is 11.3 Å². The fourth-order valence-electron chi connectivity index (χ4n) is 2.31. The van der Waals surface area contributed by atoms with Crippen molar-refractivity contribution in [2.45, 2.75) is 25.8 Å². The molecule has 1 aromatic rings. The third-order valence-electron chi connectivity index (χ3n) is 3.46. The molecule has 3 nitrogen and oxygen atoms in total. The van der Waals surface area contributed by atoms with Gasteiger partial charge < -0.3 is 10.1 Å². The van der Waals surface area contributed by atoms with Crippen molar-refractivity contribution < 1.29 is 4.74 Å². The van der Waals surface area contributed by atoms with Crippen LogP contribution in [0.25, 0.3) is 0 Å². The van der Waals surface area contributed by atoms with Gasteiger partial charge in [0, 0.05) is 24.3 Å². The molecule has 1 N–H and O–H groups in total. The molecule has 1 saturated heterocycles. The summed E-state index contributed by atoms with van der Waals surface area (Å²) in [4.78, 5) is 0. The first-order valence-corrected chi connectivity index (χ1v) is 6.62. The van der Waals surface area contributed by atoms with Crippen LogP contribution < -0.4 is 5.32 Å². The Balaban J connectivity index is 2.06. The highest BCUT2D eigenvalue weighted by Gasteiger charge is 2.20. The first-order valence-electron chi connectivity index (χ1n) is 6.24. The zero-order valence-electron chi connectivity index (χ0n) is 10.4. The smallest absolute Gasteiger partial charge is 0.101 e. The predicted octanol–water partition coefficient (Wildman–Crippen LogP) is 3.44. The number of ether oxygens (including phenoxy) is 1. The maximum Gasteiger partial charge on any atom is 0.101 e. The highest BCUT2D eigenvalue weighted by molar-refractivity contribution is 6.30. The highest BCUT2D eigenvalue weighted by Crippen LogP contribution is 2.25. The van der Waals surface area contributed by atoms with Crippen LogP contribution in [0.3, 0.4) is 0 Å². The van der Waals surface area contributed by atoms with Gasteiger partial charge in [-0.15, -0.1) is 0 Å². The summed E-state index contributed by atoms with van der Waals surface area (Å²) in [5, 5.41) is 13.1. The van der Waals surface area contributed by atoms with Gasteiger partial charge in [-0.3, -0.25) is 0 Å². The van der Waals surface area contributed by atoms with E-state index < -0.39 is 0 Å². The average molecular weight is 265 g/mol. The van der Waals surface area contributed by atoms with Gasteiger partial charge in [0.2, 0.25) is 0 Å². The zero-order chi connectivity index (χ0) is 13.0. The quantitative estimate of drug-likeness (QED) is 0.910. The Morgan fingerprint density at radius 2 is 2.17 bits per heavy atom. The molecule has 0 aliphatic carbocycles. The minimum Gasteiger partial charge on any atom is -0.381 e. The van der Waals surface area contributed by atoms with Gasteiger partial charge in [-0.1, -0.05) is 11.6 Å². The molecule has 2 rings (SSSR count). The van der Waals surface area contributed by atoms with Crippen LogP contribution in [0, 0.1) is 17.2 Å². The SMILES string of the molecule is CC(Nc1ccc(Cl)cc1C#N)C1CCOCC1. The van der Waals surface area contributed by atoms with E-state index in [1.165, 1.54) is 0 Å². The molecule has 0 saturated carbocycles. The molecule has 18 heavy (non-hydrogen) atoms. The lowest BCUT2D eigenvalue weighted by Crippen LogP contribution is -2.31. The summed E-state index contributed by atoms with van der Waals surface area (Å²) in [6, 6.07) is 7.88. The number of nitrogens with one attached hydrogen (secondary N) is 1. The molecule has 1 aliphatic heterocycles. The summed E-state index contributed by atoms with van der Waals surface area (Å²) in [7, 11) is 0. The van der Waals surface area contributed by atoms with E-state index in [1.807, 2.05) is 6.07 Å². The number of anilines is 1. The molecular formula is C14H17ClN2O. The van der Waals surface area contributed by atoms with Gasteiger partial charge in [0.1, 0.15) is 6.07 Å². The number of hydrogen-bond acceptors (Lipinski definition) is 3. The lowest BCUT2D eigenvalue weighted by molar-refractivity contribution is 0.0622. The van der Waals surface area contributed by atoms with Crippen LogP contribution in [0.15, 0.2) is 18.2 Å². The highest BCUT2D eigenvalue weighted by atomic mass is 35.5. The molecule has 1 aromatic carbocycles. The van der Waals surface area contributed by atoms with E-state index in [0.29, 0.717) is 22.5 Å². The van der Waals surface area contributed by atoms with Crippen molar-refractivity contribution in [3.63, 3.8) is 0 Å². The van der Waals surface area contributed by atoms with Gasteiger partial charge in [0.15, 0.2) is 0 Å². The summed E-state index contributed by atoms with van der Waals surface area (Å²) in [6.45, 7) is 3.83. The largest absolute Gasteiger partial charge is 0.381 e. The van der Waals surface area contributed by atoms with Gasteiger partial charge in [-0.2, -0.15) is 5.26 Å². The maximum atomic E-state index is 9.10. The van der Waals surface area contributed by atoms with Crippen molar-refractivity contribution >= 4 is 17.3 Å². The molecule has 4 heteroatoms. The van der Waals surface area contributed by atoms with Crippen molar-refractivity contribution in [2.75, 3.05) is 18.5 Å². The van der Waals surface area contributed by atoms with Crippen LogP contribution in [-0.2, 0) is 4.74 Å². The molecular weight excluding hydrogens is 248 g/mol. The molecule has 1 heterocycles. The molecule has 0 aromatic heterocycles. The number of nitriles is 1. The fourth-order valence-corrected chi connectivity index (χ4v) is 2.49. The third-order valence-corrected chi connectivity index (χ3v) is 3.69. The molecule has 1 unspecified atom stereocenters. The molecule has 0 amide bonds. The fraction of sp³-hybridized carbons (Fsp3) is 0.500. The monoisotopic (exact) mass is 264 g/mol. The van der Waals surface area contributed by atoms with E-state index in [0.717, 1.165) is 31.7 Å². The third kappa shape index (κ3) is 3.16. The van der Waals surface area contributed by atoms with E-state index >= 15 is 0 Å². The van der Waals surface area contributed by atoms with Crippen LogP contribution >= 0.6 is 11.6 Å². The Morgan fingerprint density at radius 1 is 1.44 bits per heavy atom. The predicted molar refractivity (Wildman–Crippen MR) is 72.8 cm³/mol. The number of benzene rings is 1. The maximum absolute atomic E-state index is 9.10.